The second-order valence-corrected chi connectivity index (χ2v) is 11.9. The number of aliphatic hydroxyl groups excluding tert-OH is 5. The SMILES string of the molecule is CC(=Cc1ccc(O[C@@H]2O[C@H](C(C)=CCOc3ccc4[nH]ccc4c3)[C@@H](O)[C@@H]2O)c(O)c1)C(=O)N[C@@H]1[C@H](O)[C@@H](O)[C@H]2OCO[C@H]2[C@@H]1O. The molecule has 1 saturated carbocycles. The predicted molar refractivity (Wildman–Crippen MR) is 165 cm³/mol. The van der Waals surface area contributed by atoms with Gasteiger partial charge in [-0.05, 0) is 73.5 Å². The molecule has 1 aliphatic carbocycles. The number of fused-ring (bicyclic) bond motifs is 2. The lowest BCUT2D eigenvalue weighted by Gasteiger charge is -2.41. The molecule has 3 fully saturated rings. The molecule has 3 heterocycles. The highest BCUT2D eigenvalue weighted by atomic mass is 16.7. The van der Waals surface area contributed by atoms with Crippen LogP contribution in [0, 0.1) is 0 Å². The van der Waals surface area contributed by atoms with Crippen LogP contribution in [-0.4, -0.2) is 116 Å². The molecular formula is C33H38N2O12. The first kappa shape index (κ1) is 32.9. The van der Waals surface area contributed by atoms with Gasteiger partial charge in [0.2, 0.25) is 12.2 Å². The van der Waals surface area contributed by atoms with Crippen LogP contribution >= 0.6 is 0 Å². The van der Waals surface area contributed by atoms with E-state index >= 15 is 0 Å². The molecule has 2 aromatic carbocycles. The summed E-state index contributed by atoms with van der Waals surface area (Å²) in [6.45, 7) is 3.30. The number of ether oxygens (including phenoxy) is 5. The zero-order chi connectivity index (χ0) is 33.4. The van der Waals surface area contributed by atoms with Crippen molar-refractivity contribution in [1.82, 2.24) is 10.3 Å². The minimum Gasteiger partial charge on any atom is -0.504 e. The van der Waals surface area contributed by atoms with Crippen LogP contribution in [0.2, 0.25) is 0 Å². The maximum atomic E-state index is 12.9. The summed E-state index contributed by atoms with van der Waals surface area (Å²) in [5.74, 6) is -0.293. The number of aromatic hydroxyl groups is 1. The quantitative estimate of drug-likeness (QED) is 0.117. The average molecular weight is 655 g/mol. The van der Waals surface area contributed by atoms with Crippen LogP contribution < -0.4 is 14.8 Å². The van der Waals surface area contributed by atoms with Gasteiger partial charge in [0.05, 0.1) is 6.04 Å². The van der Waals surface area contributed by atoms with Crippen LogP contribution in [-0.2, 0) is 19.0 Å². The lowest BCUT2D eigenvalue weighted by Crippen LogP contribution is -2.67. The standard InChI is InChI=1S/C33H38N2O12/c1-15(8-10-43-19-4-5-20-18(13-19)7-9-34-20)29-27(40)28(41)33(47-29)46-22-6-3-17(12-21(22)36)11-16(2)32(42)35-23-24(37)26(39)31-30(25(23)38)44-14-45-31/h3-9,11-13,23-31,33-34,36-41H,10,14H2,1-2H3,(H,35,42)/t23-,24+,25-,26-,27+,28+,29-,30+,31-,33-/m1/s1. The minimum atomic E-state index is -1.49. The van der Waals surface area contributed by atoms with Gasteiger partial charge < -0.3 is 64.6 Å². The van der Waals surface area contributed by atoms with Crippen LogP contribution in [0.1, 0.15) is 19.4 Å². The molecule has 10 atom stereocenters. The Morgan fingerprint density at radius 3 is 2.49 bits per heavy atom. The van der Waals surface area contributed by atoms with Crippen molar-refractivity contribution < 1.29 is 59.1 Å². The van der Waals surface area contributed by atoms with Gasteiger partial charge in [0.25, 0.3) is 0 Å². The summed E-state index contributed by atoms with van der Waals surface area (Å²) in [6.07, 6.45) is -5.81. The third-order valence-corrected chi connectivity index (χ3v) is 8.72. The summed E-state index contributed by atoms with van der Waals surface area (Å²) in [6, 6.07) is 10.7. The van der Waals surface area contributed by atoms with E-state index in [2.05, 4.69) is 10.3 Å². The van der Waals surface area contributed by atoms with Crippen molar-refractivity contribution in [1.29, 1.82) is 0 Å². The lowest BCUT2D eigenvalue weighted by atomic mass is 9.83. The van der Waals surface area contributed by atoms with Gasteiger partial charge in [-0.2, -0.15) is 0 Å². The average Bonchev–Trinajstić information content (AvgIpc) is 3.80. The Morgan fingerprint density at radius 1 is 0.957 bits per heavy atom. The Balaban J connectivity index is 1.05. The van der Waals surface area contributed by atoms with Crippen molar-refractivity contribution in [2.45, 2.75) is 75.0 Å². The number of nitrogens with one attached hydrogen (secondary N) is 2. The molecular weight excluding hydrogens is 616 g/mol. The number of benzene rings is 2. The van der Waals surface area contributed by atoms with E-state index < -0.39 is 67.1 Å². The first-order valence-electron chi connectivity index (χ1n) is 15.2. The molecule has 1 amide bonds. The molecule has 3 aliphatic rings. The molecule has 0 unspecified atom stereocenters. The van der Waals surface area contributed by atoms with Crippen molar-refractivity contribution in [3.8, 4) is 17.2 Å². The number of amides is 1. The van der Waals surface area contributed by atoms with Gasteiger partial charge >= 0.3 is 0 Å². The van der Waals surface area contributed by atoms with Crippen molar-refractivity contribution in [2.75, 3.05) is 13.4 Å². The normalized spacial score (nSPS) is 32.7. The summed E-state index contributed by atoms with van der Waals surface area (Å²) < 4.78 is 27.8. The van der Waals surface area contributed by atoms with Crippen LogP contribution in [0.15, 0.2) is 65.9 Å². The van der Waals surface area contributed by atoms with Gasteiger partial charge in [-0.3, -0.25) is 4.79 Å². The molecule has 2 aliphatic heterocycles. The van der Waals surface area contributed by atoms with E-state index in [4.69, 9.17) is 23.7 Å². The van der Waals surface area contributed by atoms with Crippen molar-refractivity contribution in [2.24, 2.45) is 0 Å². The number of hydrogen-bond acceptors (Lipinski definition) is 12. The highest BCUT2D eigenvalue weighted by molar-refractivity contribution is 5.97. The number of rotatable bonds is 9. The molecule has 2 saturated heterocycles. The number of hydrogen-bond donors (Lipinski definition) is 8. The second kappa shape index (κ2) is 13.6. The van der Waals surface area contributed by atoms with Gasteiger partial charge in [-0.15, -0.1) is 0 Å². The number of phenolic OH excluding ortho intramolecular Hbond substituents is 1. The number of aromatic nitrogens is 1. The first-order chi connectivity index (χ1) is 22.5. The number of carbonyl (C=O) groups excluding carboxylic acids is 1. The molecule has 252 valence electrons. The Kier molecular flexibility index (Phi) is 9.55. The molecule has 14 nitrogen and oxygen atoms in total. The molecule has 0 spiro atoms. The molecule has 0 radical (unpaired) electrons. The Bertz CT molecular complexity index is 1660. The van der Waals surface area contributed by atoms with E-state index in [1.54, 1.807) is 19.1 Å². The number of aromatic amines is 1. The molecule has 8 N–H and O–H groups in total. The van der Waals surface area contributed by atoms with Gasteiger partial charge in [0.1, 0.15) is 68.0 Å². The summed E-state index contributed by atoms with van der Waals surface area (Å²) in [7, 11) is 0. The summed E-state index contributed by atoms with van der Waals surface area (Å²) in [5.41, 5.74) is 2.21. The fourth-order valence-electron chi connectivity index (χ4n) is 6.01. The van der Waals surface area contributed by atoms with Crippen LogP contribution in [0.5, 0.6) is 17.2 Å². The fourth-order valence-corrected chi connectivity index (χ4v) is 6.01. The highest BCUT2D eigenvalue weighted by Gasteiger charge is 2.53. The number of H-pyrrole nitrogens is 1. The maximum Gasteiger partial charge on any atom is 0.247 e. The summed E-state index contributed by atoms with van der Waals surface area (Å²) >= 11 is 0. The maximum absolute atomic E-state index is 12.9. The van der Waals surface area contributed by atoms with Gasteiger partial charge in [-0.25, -0.2) is 0 Å². The van der Waals surface area contributed by atoms with E-state index in [1.807, 2.05) is 30.5 Å². The van der Waals surface area contributed by atoms with Gasteiger partial charge in [-0.1, -0.05) is 6.07 Å². The smallest absolute Gasteiger partial charge is 0.247 e. The van der Waals surface area contributed by atoms with Gasteiger partial charge in [0, 0.05) is 22.7 Å². The van der Waals surface area contributed by atoms with E-state index in [9.17, 15) is 35.4 Å². The zero-order valence-corrected chi connectivity index (χ0v) is 25.6. The largest absolute Gasteiger partial charge is 0.504 e. The monoisotopic (exact) mass is 654 g/mol. The Morgan fingerprint density at radius 2 is 1.72 bits per heavy atom. The lowest BCUT2D eigenvalue weighted by molar-refractivity contribution is -0.155. The van der Waals surface area contributed by atoms with E-state index in [1.165, 1.54) is 25.1 Å². The number of aliphatic hydroxyl groups is 5. The minimum absolute atomic E-state index is 0.0259. The molecule has 1 aromatic heterocycles. The number of phenols is 1. The summed E-state index contributed by atoms with van der Waals surface area (Å²) in [4.78, 5) is 16.0. The third-order valence-electron chi connectivity index (χ3n) is 8.72. The van der Waals surface area contributed by atoms with Crippen LogP contribution in [0.4, 0.5) is 0 Å². The van der Waals surface area contributed by atoms with E-state index in [0.717, 1.165) is 10.9 Å². The molecule has 14 heteroatoms. The zero-order valence-electron chi connectivity index (χ0n) is 25.6. The fraction of sp³-hybridized carbons (Fsp3) is 0.424. The Hall–Kier alpha value is -3.99. The van der Waals surface area contributed by atoms with Crippen molar-refractivity contribution >= 4 is 22.9 Å². The van der Waals surface area contributed by atoms with E-state index in [0.29, 0.717) is 16.9 Å². The van der Waals surface area contributed by atoms with Gasteiger partial charge in [0.15, 0.2) is 11.5 Å². The van der Waals surface area contributed by atoms with Crippen molar-refractivity contribution in [3.63, 3.8) is 0 Å². The van der Waals surface area contributed by atoms with E-state index in [-0.39, 0.29) is 30.5 Å². The topological polar surface area (TPSA) is 212 Å². The Labute approximate surface area is 269 Å². The third kappa shape index (κ3) is 6.72. The van der Waals surface area contributed by atoms with Crippen LogP contribution in [0.25, 0.3) is 17.0 Å². The molecule has 6 rings (SSSR count). The predicted octanol–water partition coefficient (Wildman–Crippen LogP) is 0.450. The molecule has 47 heavy (non-hydrogen) atoms. The molecule has 3 aromatic rings. The second-order valence-electron chi connectivity index (χ2n) is 11.9. The highest BCUT2D eigenvalue weighted by Crippen LogP contribution is 2.34. The number of carbonyl (C=O) groups is 1. The van der Waals surface area contributed by atoms with Crippen molar-refractivity contribution in [3.05, 3.63) is 71.4 Å². The first-order valence-corrected chi connectivity index (χ1v) is 15.2. The molecule has 0 bridgehead atoms. The summed E-state index contributed by atoms with van der Waals surface area (Å²) in [5, 5.41) is 66.9. The van der Waals surface area contributed by atoms with Crippen LogP contribution in [0.3, 0.4) is 0 Å².